The Morgan fingerprint density at radius 3 is 2.12 bits per heavy atom. The molecule has 1 aromatic carbocycles. The number of likely N-dealkylation sites (tertiary alicyclic amines) is 1. The summed E-state index contributed by atoms with van der Waals surface area (Å²) < 4.78 is 5.36. The molecule has 1 heterocycles. The number of amides is 2. The van der Waals surface area contributed by atoms with Crippen LogP contribution in [0.25, 0.3) is 0 Å². The van der Waals surface area contributed by atoms with E-state index in [1.54, 1.807) is 26.0 Å². The summed E-state index contributed by atoms with van der Waals surface area (Å²) in [5, 5.41) is 0. The van der Waals surface area contributed by atoms with Gasteiger partial charge in [-0.25, -0.2) is 4.79 Å². The SMILES string of the molecule is Cc1ccc(C(=O)COC(=O)[C@@H](C(C)C)N2C(=O)[C@@H]3[C@@H]4C=C[C@H]([C@H]5C[C@H]45)[C@@H]3C2=O)cc1C. The van der Waals surface area contributed by atoms with E-state index >= 15 is 0 Å². The van der Waals surface area contributed by atoms with Crippen molar-refractivity contribution in [1.82, 2.24) is 4.90 Å². The van der Waals surface area contributed by atoms with Crippen molar-refractivity contribution in [3.63, 3.8) is 0 Å². The van der Waals surface area contributed by atoms with Crippen molar-refractivity contribution < 1.29 is 23.9 Å². The third-order valence-electron chi connectivity index (χ3n) is 8.02. The quantitative estimate of drug-likeness (QED) is 0.297. The average Bonchev–Trinajstić information content (AvgIpc) is 3.54. The van der Waals surface area contributed by atoms with Crippen LogP contribution in [0.5, 0.6) is 0 Å². The molecule has 7 atom stereocenters. The number of esters is 1. The van der Waals surface area contributed by atoms with Gasteiger partial charge in [-0.3, -0.25) is 19.3 Å². The van der Waals surface area contributed by atoms with Crippen LogP contribution in [0.3, 0.4) is 0 Å². The molecule has 4 aliphatic carbocycles. The first kappa shape index (κ1) is 21.1. The fourth-order valence-electron chi connectivity index (χ4n) is 6.15. The fourth-order valence-corrected chi connectivity index (χ4v) is 6.15. The number of ketones is 1. The van der Waals surface area contributed by atoms with Gasteiger partial charge in [-0.2, -0.15) is 0 Å². The molecular weight excluding hydrogens is 406 g/mol. The van der Waals surface area contributed by atoms with Crippen LogP contribution in [0.1, 0.15) is 41.8 Å². The lowest BCUT2D eigenvalue weighted by Crippen LogP contribution is -2.49. The molecular formula is C26H29NO5. The van der Waals surface area contributed by atoms with Crippen molar-refractivity contribution in [3.05, 3.63) is 47.0 Å². The molecule has 1 saturated heterocycles. The fraction of sp³-hybridized carbons (Fsp3) is 0.538. The van der Waals surface area contributed by atoms with E-state index in [1.165, 1.54) is 4.90 Å². The Morgan fingerprint density at radius 1 is 1.00 bits per heavy atom. The number of Topliss-reactive ketones (excluding diaryl/α,β-unsaturated/α-hetero) is 1. The Bertz CT molecular complexity index is 1020. The Balaban J connectivity index is 1.32. The molecule has 2 amide bonds. The van der Waals surface area contributed by atoms with Crippen molar-refractivity contribution in [3.8, 4) is 0 Å². The van der Waals surface area contributed by atoms with Crippen LogP contribution in [-0.2, 0) is 19.1 Å². The van der Waals surface area contributed by atoms with E-state index in [0.29, 0.717) is 17.4 Å². The van der Waals surface area contributed by atoms with Crippen molar-refractivity contribution in [2.24, 2.45) is 41.4 Å². The second-order valence-corrected chi connectivity index (χ2v) is 10.2. The van der Waals surface area contributed by atoms with Crippen LogP contribution in [0.4, 0.5) is 0 Å². The zero-order valence-electron chi connectivity index (χ0n) is 18.9. The average molecular weight is 436 g/mol. The standard InChI is InChI=1S/C26H29NO5/c1-12(2)23(26(31)32-11-20(28)15-6-5-13(3)14(4)9-15)27-24(29)21-16-7-8-17(19-10-18(16)19)22(21)25(27)30/h5-9,12,16-19,21-23H,10-11H2,1-4H3/t16-,17-,18-,19-,21-,22+,23-/m1/s1. The van der Waals surface area contributed by atoms with Crippen molar-refractivity contribution in [2.45, 2.75) is 40.2 Å². The molecule has 0 radical (unpaired) electrons. The predicted octanol–water partition coefficient (Wildman–Crippen LogP) is 3.11. The normalized spacial score (nSPS) is 32.7. The van der Waals surface area contributed by atoms with Gasteiger partial charge in [-0.15, -0.1) is 0 Å². The van der Waals surface area contributed by atoms with E-state index in [-0.39, 0.29) is 47.2 Å². The Labute approximate surface area is 188 Å². The summed E-state index contributed by atoms with van der Waals surface area (Å²) in [6.45, 7) is 7.06. The van der Waals surface area contributed by atoms with Crippen LogP contribution in [0, 0.1) is 55.3 Å². The molecule has 2 bridgehead atoms. The summed E-state index contributed by atoms with van der Waals surface area (Å²) in [4.78, 5) is 53.5. The van der Waals surface area contributed by atoms with Gasteiger partial charge in [-0.1, -0.05) is 38.1 Å². The van der Waals surface area contributed by atoms with Crippen LogP contribution in [0.15, 0.2) is 30.4 Å². The number of allylic oxidation sites excluding steroid dienone is 2. The number of hydrogen-bond acceptors (Lipinski definition) is 5. The van der Waals surface area contributed by atoms with Crippen LogP contribution in [0.2, 0.25) is 0 Å². The Morgan fingerprint density at radius 2 is 1.59 bits per heavy atom. The maximum absolute atomic E-state index is 13.4. The number of rotatable bonds is 6. The second-order valence-electron chi connectivity index (χ2n) is 10.2. The molecule has 1 aromatic rings. The summed E-state index contributed by atoms with van der Waals surface area (Å²) in [6, 6.07) is 4.34. The highest BCUT2D eigenvalue weighted by molar-refractivity contribution is 6.09. The molecule has 2 saturated carbocycles. The molecule has 0 unspecified atom stereocenters. The molecule has 0 aromatic heterocycles. The van der Waals surface area contributed by atoms with Gasteiger partial charge in [0.15, 0.2) is 12.4 Å². The smallest absolute Gasteiger partial charge is 0.330 e. The predicted molar refractivity (Wildman–Crippen MR) is 116 cm³/mol. The van der Waals surface area contributed by atoms with Crippen molar-refractivity contribution in [1.29, 1.82) is 0 Å². The van der Waals surface area contributed by atoms with E-state index in [0.717, 1.165) is 17.5 Å². The number of imide groups is 1. The lowest BCUT2D eigenvalue weighted by atomic mass is 9.63. The number of carbonyl (C=O) groups is 4. The monoisotopic (exact) mass is 435 g/mol. The van der Waals surface area contributed by atoms with Crippen molar-refractivity contribution in [2.75, 3.05) is 6.61 Å². The lowest BCUT2D eigenvalue weighted by Gasteiger charge is -2.37. The second kappa shape index (κ2) is 7.39. The topological polar surface area (TPSA) is 80.8 Å². The maximum atomic E-state index is 13.4. The van der Waals surface area contributed by atoms with Gasteiger partial charge in [0, 0.05) is 5.56 Å². The molecule has 0 N–H and O–H groups in total. The highest BCUT2D eigenvalue weighted by atomic mass is 16.5. The maximum Gasteiger partial charge on any atom is 0.330 e. The third-order valence-corrected chi connectivity index (χ3v) is 8.02. The zero-order valence-corrected chi connectivity index (χ0v) is 18.9. The molecule has 6 heteroatoms. The summed E-state index contributed by atoms with van der Waals surface area (Å²) in [7, 11) is 0. The third kappa shape index (κ3) is 3.06. The summed E-state index contributed by atoms with van der Waals surface area (Å²) in [5.74, 6) is -1.31. The van der Waals surface area contributed by atoms with Crippen LogP contribution < -0.4 is 0 Å². The van der Waals surface area contributed by atoms with Crippen LogP contribution in [-0.4, -0.2) is 41.1 Å². The molecule has 6 rings (SSSR count). The van der Waals surface area contributed by atoms with E-state index in [4.69, 9.17) is 4.74 Å². The molecule has 5 aliphatic rings. The largest absolute Gasteiger partial charge is 0.456 e. The Hall–Kier alpha value is -2.76. The summed E-state index contributed by atoms with van der Waals surface area (Å²) >= 11 is 0. The highest BCUT2D eigenvalue weighted by Gasteiger charge is 2.68. The first-order valence-electron chi connectivity index (χ1n) is 11.5. The van der Waals surface area contributed by atoms with Gasteiger partial charge in [0.1, 0.15) is 6.04 Å². The number of hydrogen-bond donors (Lipinski definition) is 0. The Kier molecular flexibility index (Phi) is 4.88. The minimum Gasteiger partial charge on any atom is -0.456 e. The molecule has 168 valence electrons. The van der Waals surface area contributed by atoms with Crippen LogP contribution >= 0.6 is 0 Å². The number of carbonyl (C=O) groups excluding carboxylic acids is 4. The van der Waals surface area contributed by atoms with Gasteiger partial charge < -0.3 is 4.74 Å². The van der Waals surface area contributed by atoms with E-state index < -0.39 is 18.6 Å². The first-order chi connectivity index (χ1) is 15.2. The van der Waals surface area contributed by atoms with E-state index in [9.17, 15) is 19.2 Å². The summed E-state index contributed by atoms with van der Waals surface area (Å²) in [5.41, 5.74) is 2.54. The molecule has 6 nitrogen and oxygen atoms in total. The number of ether oxygens (including phenoxy) is 1. The lowest BCUT2D eigenvalue weighted by molar-refractivity contribution is -0.160. The number of benzene rings is 1. The zero-order chi connectivity index (χ0) is 22.9. The molecule has 3 fully saturated rings. The van der Waals surface area contributed by atoms with E-state index in [1.807, 2.05) is 19.9 Å². The van der Waals surface area contributed by atoms with Gasteiger partial charge in [0.2, 0.25) is 11.8 Å². The molecule has 32 heavy (non-hydrogen) atoms. The number of aryl methyl sites for hydroxylation is 2. The van der Waals surface area contributed by atoms with Gasteiger partial charge >= 0.3 is 5.97 Å². The minimum absolute atomic E-state index is 0.103. The number of nitrogens with zero attached hydrogens (tertiary/aromatic N) is 1. The van der Waals surface area contributed by atoms with E-state index in [2.05, 4.69) is 12.2 Å². The highest BCUT2D eigenvalue weighted by Crippen LogP contribution is 2.65. The van der Waals surface area contributed by atoms with Gasteiger partial charge in [0.05, 0.1) is 11.8 Å². The molecule has 1 aliphatic heterocycles. The van der Waals surface area contributed by atoms with Gasteiger partial charge in [0.25, 0.3) is 0 Å². The first-order valence-corrected chi connectivity index (χ1v) is 11.5. The minimum atomic E-state index is -1.01. The molecule has 0 spiro atoms. The van der Waals surface area contributed by atoms with Crippen molar-refractivity contribution >= 4 is 23.6 Å². The summed E-state index contributed by atoms with van der Waals surface area (Å²) in [6.07, 6.45) is 5.31. The van der Waals surface area contributed by atoms with Gasteiger partial charge in [-0.05, 0) is 67.1 Å².